The number of fused-ring (bicyclic) bond motifs is 2. The summed E-state index contributed by atoms with van der Waals surface area (Å²) in [6.45, 7) is 1.96. The van der Waals surface area contributed by atoms with E-state index in [1.165, 1.54) is 11.8 Å². The smallest absolute Gasteiger partial charge is 0.255 e. The first-order valence-corrected chi connectivity index (χ1v) is 9.14. The molecule has 2 aromatic carbocycles. The molecule has 0 spiro atoms. The van der Waals surface area contributed by atoms with Crippen LogP contribution in [0.4, 0.5) is 11.4 Å². The van der Waals surface area contributed by atoms with Gasteiger partial charge in [-0.15, -0.1) is 23.1 Å². The van der Waals surface area contributed by atoms with Crippen LogP contribution in [0.2, 0.25) is 0 Å². The second-order valence-corrected chi connectivity index (χ2v) is 7.67. The van der Waals surface area contributed by atoms with E-state index in [0.717, 1.165) is 25.8 Å². The Morgan fingerprint density at radius 2 is 2.12 bits per heavy atom. The highest BCUT2D eigenvalue weighted by atomic mass is 32.2. The van der Waals surface area contributed by atoms with Crippen LogP contribution < -0.4 is 10.6 Å². The van der Waals surface area contributed by atoms with E-state index >= 15 is 0 Å². The zero-order chi connectivity index (χ0) is 16.7. The van der Waals surface area contributed by atoms with Gasteiger partial charge in [-0.2, -0.15) is 0 Å². The average molecular weight is 355 g/mol. The van der Waals surface area contributed by atoms with Crippen molar-refractivity contribution in [3.8, 4) is 0 Å². The van der Waals surface area contributed by atoms with Gasteiger partial charge in [0.1, 0.15) is 0 Å². The molecule has 0 fully saturated rings. The molecule has 2 heterocycles. The number of rotatable bonds is 2. The van der Waals surface area contributed by atoms with Crippen LogP contribution in [0.25, 0.3) is 10.2 Å². The summed E-state index contributed by atoms with van der Waals surface area (Å²) in [7, 11) is 0. The van der Waals surface area contributed by atoms with Crippen LogP contribution in [0.5, 0.6) is 0 Å². The van der Waals surface area contributed by atoms with E-state index in [1.54, 1.807) is 23.5 Å². The van der Waals surface area contributed by atoms with Gasteiger partial charge < -0.3 is 10.6 Å². The molecule has 2 N–H and O–H groups in total. The number of hydrogen-bond acceptors (Lipinski definition) is 5. The Bertz CT molecular complexity index is 981. The number of thioether (sulfide) groups is 1. The maximum absolute atomic E-state index is 12.5. The number of hydrogen-bond donors (Lipinski definition) is 2. The van der Waals surface area contributed by atoms with Crippen molar-refractivity contribution in [1.82, 2.24) is 4.98 Å². The normalized spacial score (nSPS) is 13.5. The fourth-order valence-electron chi connectivity index (χ4n) is 2.55. The highest BCUT2D eigenvalue weighted by molar-refractivity contribution is 8.00. The number of carbonyl (C=O) groups is 2. The van der Waals surface area contributed by atoms with Crippen molar-refractivity contribution in [1.29, 1.82) is 0 Å². The van der Waals surface area contributed by atoms with Gasteiger partial charge in [0.05, 0.1) is 26.7 Å². The Hall–Kier alpha value is -2.38. The van der Waals surface area contributed by atoms with Gasteiger partial charge in [0, 0.05) is 16.1 Å². The fourth-order valence-corrected chi connectivity index (χ4v) is 4.20. The van der Waals surface area contributed by atoms with Crippen molar-refractivity contribution in [3.05, 3.63) is 47.0 Å². The quantitative estimate of drug-likeness (QED) is 0.731. The minimum absolute atomic E-state index is 0.0453. The van der Waals surface area contributed by atoms with Crippen LogP contribution >= 0.6 is 23.1 Å². The standard InChI is InChI=1S/C17H13N3O2S2/c1-9-18-12-4-3-11(7-15(12)24-9)19-17(22)10-2-5-14-13(6-10)20-16(21)8-23-14/h2-7H,8H2,1H3,(H,19,22)(H,20,21). The molecule has 120 valence electrons. The zero-order valence-electron chi connectivity index (χ0n) is 12.8. The highest BCUT2D eigenvalue weighted by Gasteiger charge is 2.17. The first kappa shape index (κ1) is 15.2. The number of aromatic nitrogens is 1. The monoisotopic (exact) mass is 355 g/mol. The minimum Gasteiger partial charge on any atom is -0.324 e. The number of benzene rings is 2. The number of carbonyl (C=O) groups excluding carboxylic acids is 2. The summed E-state index contributed by atoms with van der Waals surface area (Å²) in [6, 6.07) is 11.0. The average Bonchev–Trinajstić information content (AvgIpc) is 2.93. The lowest BCUT2D eigenvalue weighted by molar-refractivity contribution is -0.113. The molecule has 0 saturated carbocycles. The van der Waals surface area contributed by atoms with E-state index in [9.17, 15) is 9.59 Å². The summed E-state index contributed by atoms with van der Waals surface area (Å²) in [4.78, 5) is 29.4. The molecule has 0 unspecified atom stereocenters. The topological polar surface area (TPSA) is 71.1 Å². The predicted molar refractivity (Wildman–Crippen MR) is 98.1 cm³/mol. The van der Waals surface area contributed by atoms with E-state index in [0.29, 0.717) is 17.0 Å². The lowest BCUT2D eigenvalue weighted by Gasteiger charge is -2.17. The summed E-state index contributed by atoms with van der Waals surface area (Å²) < 4.78 is 1.04. The second kappa shape index (κ2) is 5.92. The third kappa shape index (κ3) is 2.88. The molecule has 0 bridgehead atoms. The molecule has 7 heteroatoms. The largest absolute Gasteiger partial charge is 0.324 e. The van der Waals surface area contributed by atoms with Crippen LogP contribution in [0.3, 0.4) is 0 Å². The Labute approximate surface area is 146 Å². The van der Waals surface area contributed by atoms with E-state index in [1.807, 2.05) is 31.2 Å². The maximum Gasteiger partial charge on any atom is 0.255 e. The number of thiazole rings is 1. The SMILES string of the molecule is Cc1nc2ccc(NC(=O)c3ccc4c(c3)NC(=O)CS4)cc2s1. The van der Waals surface area contributed by atoms with Crippen molar-refractivity contribution in [3.63, 3.8) is 0 Å². The van der Waals surface area contributed by atoms with Gasteiger partial charge in [0.15, 0.2) is 0 Å². The van der Waals surface area contributed by atoms with Crippen LogP contribution in [0.15, 0.2) is 41.3 Å². The second-order valence-electron chi connectivity index (χ2n) is 5.42. The van der Waals surface area contributed by atoms with Crippen molar-refractivity contribution in [2.24, 2.45) is 0 Å². The molecule has 4 rings (SSSR count). The number of aryl methyl sites for hydroxylation is 1. The summed E-state index contributed by atoms with van der Waals surface area (Å²) in [5.74, 6) is 0.159. The number of nitrogens with one attached hydrogen (secondary N) is 2. The van der Waals surface area contributed by atoms with Crippen molar-refractivity contribution in [2.75, 3.05) is 16.4 Å². The maximum atomic E-state index is 12.5. The van der Waals surface area contributed by atoms with Gasteiger partial charge in [0.2, 0.25) is 5.91 Å². The zero-order valence-corrected chi connectivity index (χ0v) is 14.4. The van der Waals surface area contributed by atoms with Crippen molar-refractivity contribution < 1.29 is 9.59 Å². The van der Waals surface area contributed by atoms with Gasteiger partial charge in [-0.25, -0.2) is 4.98 Å². The molecule has 1 aliphatic heterocycles. The van der Waals surface area contributed by atoms with Gasteiger partial charge in [0.25, 0.3) is 5.91 Å². The van der Waals surface area contributed by atoms with Gasteiger partial charge in [-0.3, -0.25) is 9.59 Å². The van der Waals surface area contributed by atoms with Gasteiger partial charge >= 0.3 is 0 Å². The minimum atomic E-state index is -0.205. The van der Waals surface area contributed by atoms with Crippen molar-refractivity contribution in [2.45, 2.75) is 11.8 Å². The molecule has 5 nitrogen and oxygen atoms in total. The third-order valence-corrected chi connectivity index (χ3v) is 5.63. The first-order valence-electron chi connectivity index (χ1n) is 7.34. The lowest BCUT2D eigenvalue weighted by Crippen LogP contribution is -2.19. The van der Waals surface area contributed by atoms with E-state index in [-0.39, 0.29) is 11.8 Å². The Morgan fingerprint density at radius 1 is 1.25 bits per heavy atom. The molecular weight excluding hydrogens is 342 g/mol. The van der Waals surface area contributed by atoms with Crippen LogP contribution in [-0.2, 0) is 4.79 Å². The lowest BCUT2D eigenvalue weighted by atomic mass is 10.1. The highest BCUT2D eigenvalue weighted by Crippen LogP contribution is 2.32. The fraction of sp³-hybridized carbons (Fsp3) is 0.118. The van der Waals surface area contributed by atoms with E-state index in [2.05, 4.69) is 15.6 Å². The van der Waals surface area contributed by atoms with Crippen LogP contribution in [0.1, 0.15) is 15.4 Å². The summed E-state index contributed by atoms with van der Waals surface area (Å²) in [5, 5.41) is 6.69. The Morgan fingerprint density at radius 3 is 3.00 bits per heavy atom. The Balaban J connectivity index is 1.58. The molecule has 1 aromatic heterocycles. The van der Waals surface area contributed by atoms with Crippen molar-refractivity contribution >= 4 is 56.5 Å². The Kier molecular flexibility index (Phi) is 3.74. The molecular formula is C17H13N3O2S2. The van der Waals surface area contributed by atoms with Gasteiger partial charge in [-0.05, 0) is 43.3 Å². The molecule has 24 heavy (non-hydrogen) atoms. The molecule has 0 atom stereocenters. The number of nitrogens with zero attached hydrogens (tertiary/aromatic N) is 1. The molecule has 1 aliphatic rings. The molecule has 0 saturated heterocycles. The predicted octanol–water partition coefficient (Wildman–Crippen LogP) is 3.90. The molecule has 2 amide bonds. The molecule has 3 aromatic rings. The third-order valence-electron chi connectivity index (χ3n) is 3.63. The molecule has 0 aliphatic carbocycles. The van der Waals surface area contributed by atoms with Gasteiger partial charge in [-0.1, -0.05) is 0 Å². The summed E-state index contributed by atoms with van der Waals surface area (Å²) >= 11 is 3.07. The number of anilines is 2. The van der Waals surface area contributed by atoms with Crippen LogP contribution in [0, 0.1) is 6.92 Å². The summed E-state index contributed by atoms with van der Waals surface area (Å²) in [5.41, 5.74) is 2.87. The van der Waals surface area contributed by atoms with Crippen LogP contribution in [-0.4, -0.2) is 22.6 Å². The van der Waals surface area contributed by atoms with E-state index < -0.39 is 0 Å². The van der Waals surface area contributed by atoms with E-state index in [4.69, 9.17) is 0 Å². The summed E-state index contributed by atoms with van der Waals surface area (Å²) in [6.07, 6.45) is 0. The number of amides is 2. The first-order chi connectivity index (χ1) is 11.6. The molecule has 0 radical (unpaired) electrons.